The molecule has 10 heteroatoms. The second-order valence-electron chi connectivity index (χ2n) is 2.06. The zero-order chi connectivity index (χ0) is 10.6. The Morgan fingerprint density at radius 1 is 1.62 bits per heavy atom. The first kappa shape index (κ1) is 13.1. The minimum Gasteiger partial charge on any atom is -0.372 e. The quantitative estimate of drug-likeness (QED) is 0.353. The van der Waals surface area contributed by atoms with Crippen LogP contribution in [-0.4, -0.2) is 31.9 Å². The third kappa shape index (κ3) is 5.43. The molecule has 13 heavy (non-hydrogen) atoms. The monoisotopic (exact) mass is 252 g/mol. The van der Waals surface area contributed by atoms with Crippen molar-refractivity contribution in [2.24, 2.45) is 5.90 Å². The first-order chi connectivity index (χ1) is 5.78. The van der Waals surface area contributed by atoms with Gasteiger partial charge in [0.15, 0.2) is 6.04 Å². The highest BCUT2D eigenvalue weighted by molar-refractivity contribution is 7.51. The number of rotatable bonds is 4. The number of halogens is 2. The van der Waals surface area contributed by atoms with E-state index in [0.717, 1.165) is 0 Å². The minimum absolute atomic E-state index is 0.272. The average molecular weight is 253 g/mol. The molecule has 0 aromatic carbocycles. The maximum Gasteiger partial charge on any atom is 0.345 e. The summed E-state index contributed by atoms with van der Waals surface area (Å²) in [4.78, 5) is 31.5. The Hall–Kier alpha value is 0.120. The maximum absolute atomic E-state index is 10.7. The Morgan fingerprint density at radius 2 is 2.08 bits per heavy atom. The van der Waals surface area contributed by atoms with Crippen molar-refractivity contribution < 1.29 is 24.0 Å². The molecule has 0 aliphatic carbocycles. The highest BCUT2D eigenvalue weighted by atomic mass is 35.5. The summed E-state index contributed by atoms with van der Waals surface area (Å²) < 4.78 is 10.7. The van der Waals surface area contributed by atoms with E-state index in [1.54, 1.807) is 0 Å². The van der Waals surface area contributed by atoms with Gasteiger partial charge in [-0.3, -0.25) is 4.57 Å². The van der Waals surface area contributed by atoms with Crippen LogP contribution in [0.2, 0.25) is 0 Å². The second kappa shape index (κ2) is 5.11. The molecule has 0 aromatic heterocycles. The first-order valence-corrected chi connectivity index (χ1v) is 5.31. The smallest absolute Gasteiger partial charge is 0.345 e. The molecule has 0 bridgehead atoms. The van der Waals surface area contributed by atoms with Gasteiger partial charge in [0.2, 0.25) is 0 Å². The van der Waals surface area contributed by atoms with Gasteiger partial charge >= 0.3 is 13.6 Å². The van der Waals surface area contributed by atoms with Gasteiger partial charge in [-0.05, 0) is 23.6 Å². The van der Waals surface area contributed by atoms with E-state index in [4.69, 9.17) is 33.3 Å². The van der Waals surface area contributed by atoms with E-state index in [0.29, 0.717) is 0 Å². The van der Waals surface area contributed by atoms with Crippen molar-refractivity contribution in [2.45, 2.75) is 6.04 Å². The lowest BCUT2D eigenvalue weighted by Crippen LogP contribution is -2.36. The van der Waals surface area contributed by atoms with Gasteiger partial charge in [-0.15, -0.1) is 3.94 Å². The van der Waals surface area contributed by atoms with Crippen LogP contribution in [0.5, 0.6) is 0 Å². The van der Waals surface area contributed by atoms with E-state index in [1.165, 1.54) is 0 Å². The highest BCUT2D eigenvalue weighted by Crippen LogP contribution is 2.37. The summed E-state index contributed by atoms with van der Waals surface area (Å²) >= 11 is 10.2. The van der Waals surface area contributed by atoms with Gasteiger partial charge < -0.3 is 14.6 Å². The van der Waals surface area contributed by atoms with Crippen LogP contribution in [0.4, 0.5) is 0 Å². The molecular weight excluding hydrogens is 246 g/mol. The normalized spacial score (nSPS) is 14.3. The van der Waals surface area contributed by atoms with Gasteiger partial charge in [0.05, 0.1) is 6.16 Å². The van der Waals surface area contributed by atoms with Crippen molar-refractivity contribution in [1.29, 1.82) is 0 Å². The minimum atomic E-state index is -4.41. The van der Waals surface area contributed by atoms with E-state index >= 15 is 0 Å². The van der Waals surface area contributed by atoms with Crippen LogP contribution in [0.1, 0.15) is 0 Å². The number of carbonyl (C=O) groups excluding carboxylic acids is 1. The lowest BCUT2D eigenvalue weighted by Gasteiger charge is -2.16. The molecular formula is C3H7Cl2N2O5P. The van der Waals surface area contributed by atoms with Crippen LogP contribution in [-0.2, 0) is 14.2 Å². The van der Waals surface area contributed by atoms with Gasteiger partial charge in [-0.1, -0.05) is 0 Å². The summed E-state index contributed by atoms with van der Waals surface area (Å²) in [6, 6.07) is -1.49. The van der Waals surface area contributed by atoms with Crippen molar-refractivity contribution in [2.75, 3.05) is 6.16 Å². The largest absolute Gasteiger partial charge is 0.372 e. The van der Waals surface area contributed by atoms with Crippen LogP contribution in [0.3, 0.4) is 0 Å². The van der Waals surface area contributed by atoms with Crippen molar-refractivity contribution in [3.63, 3.8) is 0 Å². The SMILES string of the molecule is NOC(=O)C(CP(=O)(O)O)N(Cl)Cl. The lowest BCUT2D eigenvalue weighted by atomic mass is 10.4. The summed E-state index contributed by atoms with van der Waals surface area (Å²) in [5, 5.41) is 0. The molecule has 0 spiro atoms. The Bertz CT molecular complexity index is 230. The summed E-state index contributed by atoms with van der Waals surface area (Å²) in [6.45, 7) is 0. The van der Waals surface area contributed by atoms with Crippen LogP contribution in [0, 0.1) is 0 Å². The summed E-state index contributed by atoms with van der Waals surface area (Å²) in [5.74, 6) is 3.35. The van der Waals surface area contributed by atoms with Crippen LogP contribution >= 0.6 is 31.1 Å². The Morgan fingerprint density at radius 3 is 2.31 bits per heavy atom. The van der Waals surface area contributed by atoms with E-state index in [9.17, 15) is 9.36 Å². The molecule has 1 atom stereocenters. The summed E-state index contributed by atoms with van der Waals surface area (Å²) in [7, 11) is -4.41. The molecule has 0 fully saturated rings. The number of nitrogens with two attached hydrogens (primary N) is 1. The van der Waals surface area contributed by atoms with E-state index in [1.807, 2.05) is 0 Å². The number of carbonyl (C=O) groups is 1. The molecule has 0 amide bonds. The molecule has 0 saturated carbocycles. The van der Waals surface area contributed by atoms with E-state index < -0.39 is 25.8 Å². The fraction of sp³-hybridized carbons (Fsp3) is 0.667. The third-order valence-electron chi connectivity index (χ3n) is 1.03. The molecule has 0 heterocycles. The van der Waals surface area contributed by atoms with Crippen molar-refractivity contribution in [3.8, 4) is 0 Å². The standard InChI is InChI=1S/C3H7Cl2N2O5P/c4-7(5)2(3(8)12-6)1-13(9,10)11/h2H,1,6H2,(H2,9,10,11). The van der Waals surface area contributed by atoms with Crippen molar-refractivity contribution in [3.05, 3.63) is 0 Å². The molecule has 0 aliphatic heterocycles. The van der Waals surface area contributed by atoms with Gasteiger partial charge in [0.1, 0.15) is 0 Å². The zero-order valence-corrected chi connectivity index (χ0v) is 8.54. The van der Waals surface area contributed by atoms with Crippen molar-refractivity contribution >= 4 is 37.1 Å². The van der Waals surface area contributed by atoms with Gasteiger partial charge in [0.25, 0.3) is 0 Å². The topological polar surface area (TPSA) is 113 Å². The highest BCUT2D eigenvalue weighted by Gasteiger charge is 2.32. The molecule has 0 aromatic rings. The predicted octanol–water partition coefficient (Wildman–Crippen LogP) is -0.441. The second-order valence-corrected chi connectivity index (χ2v) is 4.65. The summed E-state index contributed by atoms with van der Waals surface area (Å²) in [5.41, 5.74) is 0. The number of hydrogen-bond donors (Lipinski definition) is 3. The fourth-order valence-electron chi connectivity index (χ4n) is 0.520. The lowest BCUT2D eigenvalue weighted by molar-refractivity contribution is -0.147. The van der Waals surface area contributed by atoms with Gasteiger partial charge in [0, 0.05) is 0 Å². The Balaban J connectivity index is 4.45. The number of hydrogen-bond acceptors (Lipinski definition) is 5. The van der Waals surface area contributed by atoms with Crippen molar-refractivity contribution in [1.82, 2.24) is 3.94 Å². The predicted molar refractivity (Wildman–Crippen MR) is 44.5 cm³/mol. The molecule has 7 nitrogen and oxygen atoms in total. The molecule has 1 unspecified atom stereocenters. The van der Waals surface area contributed by atoms with Crippen LogP contribution < -0.4 is 5.90 Å². The maximum atomic E-state index is 10.7. The Kier molecular flexibility index (Phi) is 5.16. The molecule has 78 valence electrons. The first-order valence-electron chi connectivity index (χ1n) is 2.84. The third-order valence-corrected chi connectivity index (χ3v) is 2.33. The molecule has 4 N–H and O–H groups in total. The molecule has 0 radical (unpaired) electrons. The van der Waals surface area contributed by atoms with Gasteiger partial charge in [-0.25, -0.2) is 4.79 Å². The Labute approximate surface area is 83.7 Å². The zero-order valence-electron chi connectivity index (χ0n) is 6.13. The molecule has 0 aliphatic rings. The summed E-state index contributed by atoms with van der Waals surface area (Å²) in [6.07, 6.45) is -0.865. The van der Waals surface area contributed by atoms with Gasteiger partial charge in [-0.2, -0.15) is 5.90 Å². The van der Waals surface area contributed by atoms with Crippen LogP contribution in [0.25, 0.3) is 0 Å². The number of nitrogens with zero attached hydrogens (tertiary/aromatic N) is 1. The van der Waals surface area contributed by atoms with E-state index in [-0.39, 0.29) is 3.94 Å². The fourth-order valence-corrected chi connectivity index (χ4v) is 1.77. The molecule has 0 saturated heterocycles. The van der Waals surface area contributed by atoms with E-state index in [2.05, 4.69) is 10.7 Å². The average Bonchev–Trinajstić information content (AvgIpc) is 1.96. The van der Waals surface area contributed by atoms with Crippen LogP contribution in [0.15, 0.2) is 0 Å². The molecule has 0 rings (SSSR count).